The lowest BCUT2D eigenvalue weighted by Crippen LogP contribution is -1.91. The summed E-state index contributed by atoms with van der Waals surface area (Å²) in [6.07, 6.45) is 3.47. The first-order valence-corrected chi connectivity index (χ1v) is 8.15. The van der Waals surface area contributed by atoms with Gasteiger partial charge in [-0.3, -0.25) is 4.98 Å². The van der Waals surface area contributed by atoms with Gasteiger partial charge >= 0.3 is 0 Å². The van der Waals surface area contributed by atoms with Gasteiger partial charge in [0.15, 0.2) is 0 Å². The fraction of sp³-hybridized carbons (Fsp3) is 0.0769. The molecule has 0 atom stereocenters. The van der Waals surface area contributed by atoms with Crippen molar-refractivity contribution < 1.29 is 0 Å². The predicted molar refractivity (Wildman–Crippen MR) is 91.5 cm³/mol. The second-order valence-electron chi connectivity index (χ2n) is 4.24. The van der Waals surface area contributed by atoms with Crippen molar-refractivity contribution >= 4 is 70.5 Å². The van der Waals surface area contributed by atoms with Gasteiger partial charge in [-0.05, 0) is 72.4 Å². The molecule has 1 aromatic carbocycles. The molecule has 7 heteroatoms. The molecule has 2 N–H and O–H groups in total. The van der Waals surface area contributed by atoms with Crippen molar-refractivity contribution in [2.45, 2.75) is 6.92 Å². The molecule has 102 valence electrons. The minimum atomic E-state index is 0.685. The number of anilines is 2. The van der Waals surface area contributed by atoms with Gasteiger partial charge in [-0.15, -0.1) is 0 Å². The molecule has 3 aromatic rings. The van der Waals surface area contributed by atoms with E-state index in [1.807, 2.05) is 19.1 Å². The lowest BCUT2D eigenvalue weighted by Gasteiger charge is -2.05. The molecule has 2 heterocycles. The summed E-state index contributed by atoms with van der Waals surface area (Å²) >= 11 is 10.7. The lowest BCUT2D eigenvalue weighted by atomic mass is 10.2. The Morgan fingerprint density at radius 2 is 1.75 bits per heavy atom. The van der Waals surface area contributed by atoms with Crippen molar-refractivity contribution in [1.82, 2.24) is 15.0 Å². The third-order valence-electron chi connectivity index (χ3n) is 2.93. The van der Waals surface area contributed by atoms with Crippen LogP contribution in [0.25, 0.3) is 11.0 Å². The number of imidazole rings is 1. The molecule has 0 spiro atoms. The minimum Gasteiger partial charge on any atom is -0.326 e. The molecule has 0 unspecified atom stereocenters. The minimum absolute atomic E-state index is 0.685. The van der Waals surface area contributed by atoms with Crippen LogP contribution < -0.4 is 5.32 Å². The first-order chi connectivity index (χ1) is 9.58. The molecule has 0 bridgehead atoms. The van der Waals surface area contributed by atoms with E-state index >= 15 is 0 Å². The number of rotatable bonds is 2. The van der Waals surface area contributed by atoms with Gasteiger partial charge in [0.1, 0.15) is 5.52 Å². The second kappa shape index (κ2) is 5.46. The highest BCUT2D eigenvalue weighted by Crippen LogP contribution is 2.39. The van der Waals surface area contributed by atoms with Crippen LogP contribution in [0.4, 0.5) is 11.6 Å². The number of benzene rings is 1. The number of hydrogen-bond donors (Lipinski definition) is 2. The van der Waals surface area contributed by atoms with Crippen LogP contribution in [-0.2, 0) is 0 Å². The quantitative estimate of drug-likeness (QED) is 0.510. The Labute approximate surface area is 140 Å². The van der Waals surface area contributed by atoms with Gasteiger partial charge in [-0.25, -0.2) is 4.98 Å². The van der Waals surface area contributed by atoms with Crippen LogP contribution in [0.1, 0.15) is 5.56 Å². The van der Waals surface area contributed by atoms with Crippen LogP contribution in [-0.4, -0.2) is 15.0 Å². The first kappa shape index (κ1) is 14.0. The summed E-state index contributed by atoms with van der Waals surface area (Å²) in [5, 5.41) is 3.22. The van der Waals surface area contributed by atoms with Crippen molar-refractivity contribution in [3.8, 4) is 0 Å². The van der Waals surface area contributed by atoms with E-state index in [1.165, 1.54) is 0 Å². The molecule has 0 saturated heterocycles. The van der Waals surface area contributed by atoms with Crippen LogP contribution in [0, 0.1) is 6.92 Å². The predicted octanol–water partition coefficient (Wildman–Crippen LogP) is 5.30. The Morgan fingerprint density at radius 3 is 2.45 bits per heavy atom. The number of nitrogens with one attached hydrogen (secondary N) is 2. The third kappa shape index (κ3) is 2.38. The number of halogens is 3. The van der Waals surface area contributed by atoms with Crippen LogP contribution >= 0.6 is 47.8 Å². The summed E-state index contributed by atoms with van der Waals surface area (Å²) in [5.74, 6) is 0.685. The summed E-state index contributed by atoms with van der Waals surface area (Å²) in [5.41, 5.74) is 3.87. The maximum absolute atomic E-state index is 4.58. The van der Waals surface area contributed by atoms with E-state index < -0.39 is 0 Å². The molecular weight excluding hydrogens is 452 g/mol. The number of aromatic amines is 1. The van der Waals surface area contributed by atoms with Gasteiger partial charge in [-0.2, -0.15) is 0 Å². The average molecular weight is 461 g/mol. The Morgan fingerprint density at radius 1 is 1.05 bits per heavy atom. The fourth-order valence-electron chi connectivity index (χ4n) is 1.87. The topological polar surface area (TPSA) is 53.6 Å². The Bertz CT molecular complexity index is 738. The van der Waals surface area contributed by atoms with Crippen molar-refractivity contribution in [2.24, 2.45) is 0 Å². The molecule has 3 rings (SSSR count). The van der Waals surface area contributed by atoms with Gasteiger partial charge in [0.2, 0.25) is 5.95 Å². The zero-order valence-electron chi connectivity index (χ0n) is 10.3. The smallest absolute Gasteiger partial charge is 0.205 e. The maximum Gasteiger partial charge on any atom is 0.205 e. The molecule has 0 aliphatic carbocycles. The van der Waals surface area contributed by atoms with Crippen molar-refractivity contribution in [3.63, 3.8) is 0 Å². The Hall–Kier alpha value is -0.920. The largest absolute Gasteiger partial charge is 0.326 e. The number of aromatic nitrogens is 3. The van der Waals surface area contributed by atoms with E-state index in [0.717, 1.165) is 35.7 Å². The maximum atomic E-state index is 4.58. The highest BCUT2D eigenvalue weighted by atomic mass is 79.9. The molecule has 4 nitrogen and oxygen atoms in total. The normalized spacial score (nSPS) is 11.0. The van der Waals surface area contributed by atoms with E-state index in [-0.39, 0.29) is 0 Å². The van der Waals surface area contributed by atoms with Crippen molar-refractivity contribution in [3.05, 3.63) is 43.5 Å². The Balaban J connectivity index is 2.12. The summed E-state index contributed by atoms with van der Waals surface area (Å²) in [6, 6.07) is 3.77. The standard InChI is InChI=1S/C13H9Br3N4/c1-6-8(14)10(16)12-11(9(6)15)19-13(20-12)18-7-2-4-17-5-3-7/h2-5H,1H3,(H2,17,18,19,20). The van der Waals surface area contributed by atoms with Crippen LogP contribution in [0.3, 0.4) is 0 Å². The average Bonchev–Trinajstić information content (AvgIpc) is 2.88. The first-order valence-electron chi connectivity index (χ1n) is 5.77. The number of pyridine rings is 1. The molecule has 0 fully saturated rings. The zero-order valence-corrected chi connectivity index (χ0v) is 15.1. The fourth-order valence-corrected chi connectivity index (χ4v) is 3.60. The Kier molecular flexibility index (Phi) is 3.83. The summed E-state index contributed by atoms with van der Waals surface area (Å²) < 4.78 is 2.93. The van der Waals surface area contributed by atoms with Gasteiger partial charge in [0.05, 0.1) is 9.99 Å². The zero-order chi connectivity index (χ0) is 14.3. The molecule has 2 aromatic heterocycles. The number of hydrogen-bond acceptors (Lipinski definition) is 3. The van der Waals surface area contributed by atoms with Crippen LogP contribution in [0.15, 0.2) is 37.9 Å². The number of nitrogens with zero attached hydrogens (tertiary/aromatic N) is 2. The third-order valence-corrected chi connectivity index (χ3v) is 6.21. The van der Waals surface area contributed by atoms with Crippen molar-refractivity contribution in [2.75, 3.05) is 5.32 Å². The summed E-state index contributed by atoms with van der Waals surface area (Å²) in [6.45, 7) is 2.04. The summed E-state index contributed by atoms with van der Waals surface area (Å²) in [4.78, 5) is 11.8. The second-order valence-corrected chi connectivity index (χ2v) is 6.62. The molecule has 20 heavy (non-hydrogen) atoms. The molecule has 0 amide bonds. The summed E-state index contributed by atoms with van der Waals surface area (Å²) in [7, 11) is 0. The van der Waals surface area contributed by atoms with E-state index in [9.17, 15) is 0 Å². The monoisotopic (exact) mass is 458 g/mol. The van der Waals surface area contributed by atoms with Gasteiger partial charge < -0.3 is 10.3 Å². The molecule has 0 radical (unpaired) electrons. The van der Waals surface area contributed by atoms with Crippen molar-refractivity contribution in [1.29, 1.82) is 0 Å². The number of H-pyrrole nitrogens is 1. The van der Waals surface area contributed by atoms with Crippen LogP contribution in [0.5, 0.6) is 0 Å². The van der Waals surface area contributed by atoms with Crippen LogP contribution in [0.2, 0.25) is 0 Å². The van der Waals surface area contributed by atoms with Gasteiger partial charge in [-0.1, -0.05) is 0 Å². The molecule has 0 aliphatic rings. The molecule has 0 aliphatic heterocycles. The van der Waals surface area contributed by atoms with Gasteiger partial charge in [0.25, 0.3) is 0 Å². The van der Waals surface area contributed by atoms with E-state index in [2.05, 4.69) is 68.1 Å². The van der Waals surface area contributed by atoms with E-state index in [1.54, 1.807) is 12.4 Å². The molecular formula is C13H9Br3N4. The molecule has 0 saturated carbocycles. The van der Waals surface area contributed by atoms with E-state index in [0.29, 0.717) is 5.95 Å². The van der Waals surface area contributed by atoms with Gasteiger partial charge in [0, 0.05) is 27.0 Å². The highest BCUT2D eigenvalue weighted by molar-refractivity contribution is 9.13. The number of fused-ring (bicyclic) bond motifs is 1. The lowest BCUT2D eigenvalue weighted by molar-refractivity contribution is 1.28. The SMILES string of the molecule is Cc1c(Br)c(Br)c2nc(Nc3ccncc3)[nH]c2c1Br. The highest BCUT2D eigenvalue weighted by Gasteiger charge is 2.16. The van der Waals surface area contributed by atoms with E-state index in [4.69, 9.17) is 0 Å².